The largest absolute Gasteiger partial charge is 0.126 e. The van der Waals surface area contributed by atoms with E-state index in [0.29, 0.717) is 11.8 Å². The van der Waals surface area contributed by atoms with Crippen LogP contribution in [0.4, 0.5) is 0 Å². The van der Waals surface area contributed by atoms with Crippen LogP contribution in [-0.2, 0) is 6.42 Å². The van der Waals surface area contributed by atoms with E-state index < -0.39 is 0 Å². The maximum absolute atomic E-state index is 5.84. The fraction of sp³-hybridized carbons (Fsp3) is 0.400. The Hall–Kier alpha value is -0.200. The first-order valence-electron chi connectivity index (χ1n) is 4.03. The van der Waals surface area contributed by atoms with E-state index in [1.54, 1.807) is 0 Å². The van der Waals surface area contributed by atoms with Crippen LogP contribution in [0.15, 0.2) is 24.3 Å². The molecule has 1 unspecified atom stereocenters. The molecule has 0 aromatic heterocycles. The minimum Gasteiger partial charge on any atom is -0.126 e. The van der Waals surface area contributed by atoms with Crippen molar-refractivity contribution in [1.82, 2.24) is 0 Å². The second-order valence-electron chi connectivity index (χ2n) is 3.09. The average Bonchev–Trinajstić information content (AvgIpc) is 2.04. The van der Waals surface area contributed by atoms with Gasteiger partial charge in [-0.1, -0.05) is 30.7 Å². The van der Waals surface area contributed by atoms with Crippen molar-refractivity contribution in [2.75, 3.05) is 5.88 Å². The van der Waals surface area contributed by atoms with E-state index in [4.69, 9.17) is 23.2 Å². The average molecular weight is 203 g/mol. The lowest BCUT2D eigenvalue weighted by Crippen LogP contribution is -2.00. The molecule has 0 aliphatic heterocycles. The first-order valence-corrected chi connectivity index (χ1v) is 4.94. The van der Waals surface area contributed by atoms with Crippen molar-refractivity contribution in [2.45, 2.75) is 13.3 Å². The summed E-state index contributed by atoms with van der Waals surface area (Å²) in [4.78, 5) is 0. The second-order valence-corrected chi connectivity index (χ2v) is 3.84. The Labute approximate surface area is 83.5 Å². The van der Waals surface area contributed by atoms with Crippen LogP contribution >= 0.6 is 23.2 Å². The Kier molecular flexibility index (Phi) is 3.90. The summed E-state index contributed by atoms with van der Waals surface area (Å²) < 4.78 is 0. The lowest BCUT2D eigenvalue weighted by molar-refractivity contribution is 0.655. The zero-order valence-electron chi connectivity index (χ0n) is 7.06. The zero-order valence-corrected chi connectivity index (χ0v) is 8.57. The molecule has 0 saturated carbocycles. The summed E-state index contributed by atoms with van der Waals surface area (Å²) in [6, 6.07) is 7.93. The first-order chi connectivity index (χ1) is 5.72. The van der Waals surface area contributed by atoms with Gasteiger partial charge < -0.3 is 0 Å². The molecule has 2 heteroatoms. The van der Waals surface area contributed by atoms with Crippen molar-refractivity contribution >= 4 is 23.2 Å². The fourth-order valence-electron chi connectivity index (χ4n) is 1.12. The molecule has 0 fully saturated rings. The molecule has 0 bridgehead atoms. The standard InChI is InChI=1S/C10H12Cl2/c1-8(7-11)5-9-3-2-4-10(12)6-9/h2-4,6,8H,5,7H2,1H3. The highest BCUT2D eigenvalue weighted by molar-refractivity contribution is 6.30. The lowest BCUT2D eigenvalue weighted by atomic mass is 10.0. The lowest BCUT2D eigenvalue weighted by Gasteiger charge is -2.06. The van der Waals surface area contributed by atoms with Gasteiger partial charge in [0.25, 0.3) is 0 Å². The van der Waals surface area contributed by atoms with Crippen LogP contribution in [-0.4, -0.2) is 5.88 Å². The molecule has 0 aliphatic rings. The van der Waals surface area contributed by atoms with Crippen LogP contribution < -0.4 is 0 Å². The van der Waals surface area contributed by atoms with Crippen LogP contribution in [0.2, 0.25) is 5.02 Å². The maximum atomic E-state index is 5.84. The molecule has 66 valence electrons. The van der Waals surface area contributed by atoms with E-state index in [2.05, 4.69) is 13.0 Å². The quantitative estimate of drug-likeness (QED) is 0.656. The van der Waals surface area contributed by atoms with Gasteiger partial charge >= 0.3 is 0 Å². The van der Waals surface area contributed by atoms with Gasteiger partial charge in [-0.05, 0) is 30.0 Å². The molecule has 0 saturated heterocycles. The number of benzene rings is 1. The Bertz CT molecular complexity index is 245. The maximum Gasteiger partial charge on any atom is 0.0408 e. The number of halogens is 2. The van der Waals surface area contributed by atoms with Gasteiger partial charge in [0.2, 0.25) is 0 Å². The van der Waals surface area contributed by atoms with Gasteiger partial charge in [0.1, 0.15) is 0 Å². The predicted molar refractivity (Wildman–Crippen MR) is 55.0 cm³/mol. The van der Waals surface area contributed by atoms with Crippen molar-refractivity contribution < 1.29 is 0 Å². The minimum absolute atomic E-state index is 0.519. The summed E-state index contributed by atoms with van der Waals surface area (Å²) in [5.41, 5.74) is 1.26. The highest BCUT2D eigenvalue weighted by Gasteiger charge is 2.01. The molecular weight excluding hydrogens is 191 g/mol. The monoisotopic (exact) mass is 202 g/mol. The smallest absolute Gasteiger partial charge is 0.0408 e. The number of hydrogen-bond acceptors (Lipinski definition) is 0. The van der Waals surface area contributed by atoms with E-state index in [1.807, 2.05) is 18.2 Å². The van der Waals surface area contributed by atoms with E-state index in [1.165, 1.54) is 5.56 Å². The first kappa shape index (κ1) is 9.88. The highest BCUT2D eigenvalue weighted by Crippen LogP contribution is 2.14. The van der Waals surface area contributed by atoms with E-state index in [0.717, 1.165) is 11.4 Å². The fourth-order valence-corrected chi connectivity index (χ4v) is 1.44. The summed E-state index contributed by atoms with van der Waals surface area (Å²) >= 11 is 11.5. The molecule has 1 aromatic rings. The molecular formula is C10H12Cl2. The molecule has 0 N–H and O–H groups in total. The summed E-state index contributed by atoms with van der Waals surface area (Å²) in [5.74, 6) is 1.22. The third-order valence-corrected chi connectivity index (χ3v) is 2.50. The molecule has 0 radical (unpaired) electrons. The third kappa shape index (κ3) is 3.04. The molecule has 1 rings (SSSR count). The van der Waals surface area contributed by atoms with Gasteiger partial charge in [-0.15, -0.1) is 11.6 Å². The van der Waals surface area contributed by atoms with E-state index in [9.17, 15) is 0 Å². The third-order valence-electron chi connectivity index (χ3n) is 1.74. The Balaban J connectivity index is 2.63. The second kappa shape index (κ2) is 4.74. The molecule has 12 heavy (non-hydrogen) atoms. The molecule has 1 atom stereocenters. The summed E-state index contributed by atoms with van der Waals surface area (Å²) in [6.45, 7) is 2.13. The molecule has 0 nitrogen and oxygen atoms in total. The highest BCUT2D eigenvalue weighted by atomic mass is 35.5. The predicted octanol–water partition coefficient (Wildman–Crippen LogP) is 3.76. The van der Waals surface area contributed by atoms with E-state index >= 15 is 0 Å². The van der Waals surface area contributed by atoms with Crippen LogP contribution in [0.3, 0.4) is 0 Å². The molecule has 0 heterocycles. The normalized spacial score (nSPS) is 12.9. The number of hydrogen-bond donors (Lipinski definition) is 0. The van der Waals surface area contributed by atoms with Crippen LogP contribution in [0.5, 0.6) is 0 Å². The van der Waals surface area contributed by atoms with Gasteiger partial charge in [-0.3, -0.25) is 0 Å². The van der Waals surface area contributed by atoms with Crippen molar-refractivity contribution in [3.05, 3.63) is 34.9 Å². The SMILES string of the molecule is CC(CCl)Cc1cccc(Cl)c1. The van der Waals surface area contributed by atoms with E-state index in [-0.39, 0.29) is 0 Å². The van der Waals surface area contributed by atoms with Crippen molar-refractivity contribution in [1.29, 1.82) is 0 Å². The van der Waals surface area contributed by atoms with Crippen molar-refractivity contribution in [3.8, 4) is 0 Å². The molecule has 0 amide bonds. The summed E-state index contributed by atoms with van der Waals surface area (Å²) in [5, 5.41) is 0.800. The summed E-state index contributed by atoms with van der Waals surface area (Å²) in [6.07, 6.45) is 1.00. The number of alkyl halides is 1. The summed E-state index contributed by atoms with van der Waals surface area (Å²) in [7, 11) is 0. The van der Waals surface area contributed by atoms with Crippen LogP contribution in [0.1, 0.15) is 12.5 Å². The Morgan fingerprint density at radius 3 is 2.75 bits per heavy atom. The van der Waals surface area contributed by atoms with Crippen molar-refractivity contribution in [3.63, 3.8) is 0 Å². The molecule has 0 spiro atoms. The van der Waals surface area contributed by atoms with Gasteiger partial charge in [0.15, 0.2) is 0 Å². The number of rotatable bonds is 3. The van der Waals surface area contributed by atoms with Gasteiger partial charge in [-0.2, -0.15) is 0 Å². The van der Waals surface area contributed by atoms with Crippen molar-refractivity contribution in [2.24, 2.45) is 5.92 Å². The van der Waals surface area contributed by atoms with Gasteiger partial charge in [-0.25, -0.2) is 0 Å². The van der Waals surface area contributed by atoms with Crippen LogP contribution in [0, 0.1) is 5.92 Å². The molecule has 1 aromatic carbocycles. The Morgan fingerprint density at radius 2 is 2.17 bits per heavy atom. The topological polar surface area (TPSA) is 0 Å². The zero-order chi connectivity index (χ0) is 8.97. The Morgan fingerprint density at radius 1 is 1.42 bits per heavy atom. The van der Waals surface area contributed by atoms with Gasteiger partial charge in [0.05, 0.1) is 0 Å². The van der Waals surface area contributed by atoms with Gasteiger partial charge in [0, 0.05) is 10.9 Å². The minimum atomic E-state index is 0.519. The van der Waals surface area contributed by atoms with Crippen LogP contribution in [0.25, 0.3) is 0 Å². The molecule has 0 aliphatic carbocycles.